The molecule has 1 aromatic heterocycles. The summed E-state index contributed by atoms with van der Waals surface area (Å²) in [5.41, 5.74) is 2.48. The standard InChI is InChI=1S/C18H23N3O3/c1-12-7-4-5-8-15(12)9-6-10-17(22)19-14(3)18(23)20-16-11-13(2)24-21-16/h4-5,7-8,11,14H,6,9-10H2,1-3H3,(H,19,22)(H,20,21,23). The largest absolute Gasteiger partial charge is 0.360 e. The number of aryl methyl sites for hydroxylation is 3. The first-order valence-corrected chi connectivity index (χ1v) is 8.04. The molecule has 0 bridgehead atoms. The lowest BCUT2D eigenvalue weighted by Gasteiger charge is -2.13. The summed E-state index contributed by atoms with van der Waals surface area (Å²) in [6, 6.07) is 9.13. The van der Waals surface area contributed by atoms with Crippen LogP contribution in [-0.2, 0) is 16.0 Å². The Kier molecular flexibility index (Phi) is 6.12. The topological polar surface area (TPSA) is 84.2 Å². The number of benzene rings is 1. The first-order chi connectivity index (χ1) is 11.5. The zero-order chi connectivity index (χ0) is 17.5. The predicted molar refractivity (Wildman–Crippen MR) is 91.6 cm³/mol. The molecule has 2 aromatic rings. The van der Waals surface area contributed by atoms with Gasteiger partial charge in [0.1, 0.15) is 11.8 Å². The van der Waals surface area contributed by atoms with E-state index in [1.54, 1.807) is 19.9 Å². The second-order valence-corrected chi connectivity index (χ2v) is 5.88. The molecule has 24 heavy (non-hydrogen) atoms. The van der Waals surface area contributed by atoms with Gasteiger partial charge in [0, 0.05) is 12.5 Å². The van der Waals surface area contributed by atoms with E-state index in [1.807, 2.05) is 12.1 Å². The van der Waals surface area contributed by atoms with Crippen molar-refractivity contribution in [3.05, 3.63) is 47.2 Å². The molecule has 2 N–H and O–H groups in total. The fourth-order valence-corrected chi connectivity index (χ4v) is 2.37. The number of rotatable bonds is 7. The highest BCUT2D eigenvalue weighted by atomic mass is 16.5. The summed E-state index contributed by atoms with van der Waals surface area (Å²) < 4.78 is 4.88. The number of anilines is 1. The highest BCUT2D eigenvalue weighted by Gasteiger charge is 2.16. The van der Waals surface area contributed by atoms with Crippen LogP contribution in [0.2, 0.25) is 0 Å². The van der Waals surface area contributed by atoms with E-state index in [4.69, 9.17) is 4.52 Å². The zero-order valence-corrected chi connectivity index (χ0v) is 14.3. The zero-order valence-electron chi connectivity index (χ0n) is 14.3. The van der Waals surface area contributed by atoms with E-state index in [9.17, 15) is 9.59 Å². The van der Waals surface area contributed by atoms with Gasteiger partial charge in [-0.1, -0.05) is 29.4 Å². The Morgan fingerprint density at radius 2 is 2.00 bits per heavy atom. The number of carbonyl (C=O) groups excluding carboxylic acids is 2. The third-order valence-electron chi connectivity index (χ3n) is 3.76. The molecule has 1 aromatic carbocycles. The molecule has 0 aliphatic rings. The minimum absolute atomic E-state index is 0.137. The van der Waals surface area contributed by atoms with Crippen molar-refractivity contribution in [2.75, 3.05) is 5.32 Å². The average molecular weight is 329 g/mol. The van der Waals surface area contributed by atoms with Gasteiger partial charge in [0.25, 0.3) is 0 Å². The Morgan fingerprint density at radius 3 is 2.67 bits per heavy atom. The molecule has 6 nitrogen and oxygen atoms in total. The van der Waals surface area contributed by atoms with Crippen LogP contribution in [0.4, 0.5) is 5.82 Å². The molecular weight excluding hydrogens is 306 g/mol. The normalized spacial score (nSPS) is 11.8. The summed E-state index contributed by atoms with van der Waals surface area (Å²) >= 11 is 0. The van der Waals surface area contributed by atoms with Gasteiger partial charge in [-0.2, -0.15) is 0 Å². The molecule has 128 valence electrons. The van der Waals surface area contributed by atoms with Crippen molar-refractivity contribution in [1.29, 1.82) is 0 Å². The maximum absolute atomic E-state index is 12.0. The Morgan fingerprint density at radius 1 is 1.25 bits per heavy atom. The van der Waals surface area contributed by atoms with Gasteiger partial charge in [0.15, 0.2) is 5.82 Å². The van der Waals surface area contributed by atoms with Gasteiger partial charge in [0.05, 0.1) is 0 Å². The van der Waals surface area contributed by atoms with Crippen molar-refractivity contribution in [3.63, 3.8) is 0 Å². The molecule has 0 saturated heterocycles. The number of nitrogens with one attached hydrogen (secondary N) is 2. The summed E-state index contributed by atoms with van der Waals surface area (Å²) in [5, 5.41) is 8.99. The van der Waals surface area contributed by atoms with Gasteiger partial charge >= 0.3 is 0 Å². The molecule has 0 spiro atoms. The Labute approximate surface area is 141 Å². The third kappa shape index (κ3) is 5.22. The Balaban J connectivity index is 1.73. The molecule has 1 atom stereocenters. The van der Waals surface area contributed by atoms with E-state index >= 15 is 0 Å². The molecule has 2 amide bonds. The molecule has 0 aliphatic heterocycles. The highest BCUT2D eigenvalue weighted by Crippen LogP contribution is 2.11. The van der Waals surface area contributed by atoms with Crippen LogP contribution in [0.1, 0.15) is 36.7 Å². The van der Waals surface area contributed by atoms with Gasteiger partial charge in [-0.05, 0) is 44.7 Å². The molecule has 1 unspecified atom stereocenters. The molecule has 6 heteroatoms. The van der Waals surface area contributed by atoms with Gasteiger partial charge in [-0.15, -0.1) is 0 Å². The van der Waals surface area contributed by atoms with E-state index in [-0.39, 0.29) is 11.8 Å². The first kappa shape index (κ1) is 17.7. The lowest BCUT2D eigenvalue weighted by molar-refractivity contribution is -0.126. The quantitative estimate of drug-likeness (QED) is 0.818. The van der Waals surface area contributed by atoms with Crippen LogP contribution in [0.15, 0.2) is 34.9 Å². The molecular formula is C18H23N3O3. The summed E-state index contributed by atoms with van der Waals surface area (Å²) in [4.78, 5) is 24.0. The number of hydrogen-bond acceptors (Lipinski definition) is 4. The van der Waals surface area contributed by atoms with Crippen LogP contribution >= 0.6 is 0 Å². The number of carbonyl (C=O) groups is 2. The fourth-order valence-electron chi connectivity index (χ4n) is 2.37. The van der Waals surface area contributed by atoms with Crippen LogP contribution in [-0.4, -0.2) is 23.0 Å². The van der Waals surface area contributed by atoms with Gasteiger partial charge in [0.2, 0.25) is 11.8 Å². The van der Waals surface area contributed by atoms with Crippen molar-refractivity contribution in [3.8, 4) is 0 Å². The Bertz CT molecular complexity index is 709. The molecule has 0 radical (unpaired) electrons. The van der Waals surface area contributed by atoms with E-state index < -0.39 is 6.04 Å². The molecule has 1 heterocycles. The lowest BCUT2D eigenvalue weighted by Crippen LogP contribution is -2.41. The molecule has 0 fully saturated rings. The maximum atomic E-state index is 12.0. The van der Waals surface area contributed by atoms with Crippen LogP contribution in [0.25, 0.3) is 0 Å². The summed E-state index contributed by atoms with van der Waals surface area (Å²) in [6.07, 6.45) is 1.97. The third-order valence-corrected chi connectivity index (χ3v) is 3.76. The van der Waals surface area contributed by atoms with E-state index in [2.05, 4.69) is 34.8 Å². The summed E-state index contributed by atoms with van der Waals surface area (Å²) in [6.45, 7) is 5.44. The number of hydrogen-bond donors (Lipinski definition) is 2. The number of aromatic nitrogens is 1. The minimum Gasteiger partial charge on any atom is -0.360 e. The van der Waals surface area contributed by atoms with Crippen molar-refractivity contribution < 1.29 is 14.1 Å². The maximum Gasteiger partial charge on any atom is 0.247 e. The lowest BCUT2D eigenvalue weighted by atomic mass is 10.0. The Hall–Kier alpha value is -2.63. The second-order valence-electron chi connectivity index (χ2n) is 5.88. The van der Waals surface area contributed by atoms with Crippen molar-refractivity contribution in [2.24, 2.45) is 0 Å². The van der Waals surface area contributed by atoms with Gasteiger partial charge < -0.3 is 15.2 Å². The smallest absolute Gasteiger partial charge is 0.247 e. The number of nitrogens with zero attached hydrogens (tertiary/aromatic N) is 1. The van der Waals surface area contributed by atoms with Crippen molar-refractivity contribution in [1.82, 2.24) is 10.5 Å². The first-order valence-electron chi connectivity index (χ1n) is 8.04. The van der Waals surface area contributed by atoms with E-state index in [0.717, 1.165) is 12.8 Å². The molecule has 0 aliphatic carbocycles. The summed E-state index contributed by atoms with van der Waals surface area (Å²) in [7, 11) is 0. The van der Waals surface area contributed by atoms with Crippen molar-refractivity contribution >= 4 is 17.6 Å². The van der Waals surface area contributed by atoms with Crippen LogP contribution in [0.3, 0.4) is 0 Å². The molecule has 0 saturated carbocycles. The van der Waals surface area contributed by atoms with E-state index in [1.165, 1.54) is 11.1 Å². The van der Waals surface area contributed by atoms with E-state index in [0.29, 0.717) is 18.0 Å². The second kappa shape index (κ2) is 8.29. The average Bonchev–Trinajstić information content (AvgIpc) is 2.94. The highest BCUT2D eigenvalue weighted by molar-refractivity contribution is 5.96. The van der Waals surface area contributed by atoms with Crippen molar-refractivity contribution in [2.45, 2.75) is 46.1 Å². The summed E-state index contributed by atoms with van der Waals surface area (Å²) in [5.74, 6) is 0.495. The monoisotopic (exact) mass is 329 g/mol. The minimum atomic E-state index is -0.632. The van der Waals surface area contributed by atoms with Crippen LogP contribution in [0, 0.1) is 13.8 Å². The van der Waals surface area contributed by atoms with Gasteiger partial charge in [-0.3, -0.25) is 9.59 Å². The van der Waals surface area contributed by atoms with Gasteiger partial charge in [-0.25, -0.2) is 0 Å². The van der Waals surface area contributed by atoms with Crippen LogP contribution < -0.4 is 10.6 Å². The fraction of sp³-hybridized carbons (Fsp3) is 0.389. The predicted octanol–water partition coefficient (Wildman–Crippen LogP) is 2.76. The molecule has 2 rings (SSSR count). The van der Waals surface area contributed by atoms with Crippen LogP contribution in [0.5, 0.6) is 0 Å². The SMILES string of the molecule is Cc1cc(NC(=O)C(C)NC(=O)CCCc2ccccc2C)no1. The number of amides is 2.